The highest BCUT2D eigenvalue weighted by Gasteiger charge is 2.15. The molecule has 0 amide bonds. The highest BCUT2D eigenvalue weighted by atomic mass is 16.5. The topological polar surface area (TPSA) is 29.1 Å². The molecule has 0 saturated carbocycles. The molecule has 0 fully saturated rings. The Morgan fingerprint density at radius 1 is 0.846 bits per heavy atom. The van der Waals surface area contributed by atoms with Gasteiger partial charge in [-0.25, -0.2) is 0 Å². The molecule has 0 atom stereocenters. The first-order chi connectivity index (χ1) is 6.00. The molecule has 1 rings (SSSR count). The molecule has 13 heavy (non-hydrogen) atoms. The maximum atomic E-state index is 11.6. The molecule has 1 aromatic carbocycles. The van der Waals surface area contributed by atoms with Crippen molar-refractivity contribution in [3.05, 3.63) is 22.3 Å². The Morgan fingerprint density at radius 3 is 1.54 bits per heavy atom. The van der Waals surface area contributed by atoms with E-state index in [2.05, 4.69) is 0 Å². The molecular formula is C11H15O2. The molecule has 0 aliphatic rings. The first kappa shape index (κ1) is 9.90. The second-order valence-electron chi connectivity index (χ2n) is 3.36. The number of methoxy groups -OCH3 is 1. The second-order valence-corrected chi connectivity index (χ2v) is 3.36. The Morgan fingerprint density at radius 2 is 1.23 bits per heavy atom. The summed E-state index contributed by atoms with van der Waals surface area (Å²) in [6.07, 6.45) is 0. The Kier molecular flexibility index (Phi) is 2.50. The quantitative estimate of drug-likeness (QED) is 0.651. The minimum absolute atomic E-state index is 0.135. The van der Waals surface area contributed by atoms with E-state index in [0.717, 1.165) is 28.0 Å². The Labute approximate surface area is 79.2 Å². The van der Waals surface area contributed by atoms with Crippen LogP contribution in [-0.2, 0) is 5.11 Å². The van der Waals surface area contributed by atoms with Crippen LogP contribution in [0.15, 0.2) is 0 Å². The average molecular weight is 179 g/mol. The van der Waals surface area contributed by atoms with Crippen molar-refractivity contribution < 1.29 is 9.84 Å². The molecule has 2 nitrogen and oxygen atoms in total. The van der Waals surface area contributed by atoms with Crippen LogP contribution in [0.2, 0.25) is 0 Å². The van der Waals surface area contributed by atoms with Crippen molar-refractivity contribution in [3.63, 3.8) is 0 Å². The molecule has 0 aliphatic heterocycles. The molecular weight excluding hydrogens is 164 g/mol. The van der Waals surface area contributed by atoms with E-state index < -0.39 is 0 Å². The highest BCUT2D eigenvalue weighted by Crippen LogP contribution is 2.36. The molecule has 0 saturated heterocycles. The van der Waals surface area contributed by atoms with Crippen LogP contribution in [0.5, 0.6) is 11.5 Å². The molecule has 0 unspecified atom stereocenters. The summed E-state index contributed by atoms with van der Waals surface area (Å²) >= 11 is 0. The van der Waals surface area contributed by atoms with E-state index in [1.165, 1.54) is 0 Å². The fraction of sp³-hybridized carbons (Fsp3) is 0.455. The number of benzene rings is 1. The van der Waals surface area contributed by atoms with Crippen LogP contribution in [0.25, 0.3) is 0 Å². The molecule has 0 heterocycles. The predicted octanol–water partition coefficient (Wildman–Crippen LogP) is 3.07. The standard InChI is InChI=1S/C11H15O2/c1-6-8(3)11(13-5)9(4)7(2)10(6)12/h1-5H3. The molecule has 0 N–H and O–H groups in total. The van der Waals surface area contributed by atoms with Crippen molar-refractivity contribution in [2.45, 2.75) is 27.7 Å². The van der Waals surface area contributed by atoms with Crippen LogP contribution >= 0.6 is 0 Å². The Hall–Kier alpha value is -1.18. The van der Waals surface area contributed by atoms with Gasteiger partial charge in [0.1, 0.15) is 5.75 Å². The lowest BCUT2D eigenvalue weighted by atomic mass is 9.98. The Balaban J connectivity index is 3.56. The van der Waals surface area contributed by atoms with Crippen LogP contribution in [0, 0.1) is 27.7 Å². The minimum Gasteiger partial charge on any atom is -0.496 e. The molecule has 0 aromatic heterocycles. The van der Waals surface area contributed by atoms with Gasteiger partial charge in [-0.1, -0.05) is 0 Å². The van der Waals surface area contributed by atoms with Crippen LogP contribution < -0.4 is 4.74 Å². The molecule has 0 bridgehead atoms. The summed E-state index contributed by atoms with van der Waals surface area (Å²) in [6.45, 7) is 7.52. The molecule has 71 valence electrons. The van der Waals surface area contributed by atoms with Gasteiger partial charge in [0, 0.05) is 11.1 Å². The lowest BCUT2D eigenvalue weighted by Crippen LogP contribution is -1.96. The summed E-state index contributed by atoms with van der Waals surface area (Å²) in [5.41, 5.74) is 3.49. The maximum absolute atomic E-state index is 11.6. The SMILES string of the molecule is COc1c(C)c(C)c([O])c(C)c1C. The van der Waals surface area contributed by atoms with Gasteiger partial charge in [-0.2, -0.15) is 0 Å². The lowest BCUT2D eigenvalue weighted by molar-refractivity contribution is 0.344. The van der Waals surface area contributed by atoms with Crippen molar-refractivity contribution in [3.8, 4) is 11.5 Å². The molecule has 1 aromatic rings. The van der Waals surface area contributed by atoms with Gasteiger partial charge < -0.3 is 4.74 Å². The van der Waals surface area contributed by atoms with Gasteiger partial charge in [-0.05, 0) is 38.8 Å². The van der Waals surface area contributed by atoms with Gasteiger partial charge in [-0.15, -0.1) is 0 Å². The molecule has 1 radical (unpaired) electrons. The molecule has 0 aliphatic carbocycles. The van der Waals surface area contributed by atoms with Gasteiger partial charge in [-0.3, -0.25) is 5.11 Å². The summed E-state index contributed by atoms with van der Waals surface area (Å²) in [7, 11) is 1.64. The van der Waals surface area contributed by atoms with Gasteiger partial charge >= 0.3 is 0 Å². The zero-order valence-electron chi connectivity index (χ0n) is 8.82. The van der Waals surface area contributed by atoms with E-state index in [9.17, 15) is 5.11 Å². The normalized spacial score (nSPS) is 10.2. The summed E-state index contributed by atoms with van der Waals surface area (Å²) in [6, 6.07) is 0. The third-order valence-corrected chi connectivity index (χ3v) is 2.69. The smallest absolute Gasteiger partial charge is 0.185 e. The maximum Gasteiger partial charge on any atom is 0.185 e. The first-order valence-electron chi connectivity index (χ1n) is 4.32. The van der Waals surface area contributed by atoms with Crippen molar-refractivity contribution >= 4 is 0 Å². The van der Waals surface area contributed by atoms with E-state index in [1.807, 2.05) is 27.7 Å². The Bertz CT molecular complexity index is 311. The predicted molar refractivity (Wildman–Crippen MR) is 52.1 cm³/mol. The van der Waals surface area contributed by atoms with Crippen molar-refractivity contribution in [1.29, 1.82) is 0 Å². The number of ether oxygens (including phenoxy) is 1. The highest BCUT2D eigenvalue weighted by molar-refractivity contribution is 5.56. The van der Waals surface area contributed by atoms with Crippen molar-refractivity contribution in [2.75, 3.05) is 7.11 Å². The minimum atomic E-state index is 0.135. The van der Waals surface area contributed by atoms with E-state index in [0.29, 0.717) is 0 Å². The third kappa shape index (κ3) is 1.37. The lowest BCUT2D eigenvalue weighted by Gasteiger charge is -2.14. The first-order valence-corrected chi connectivity index (χ1v) is 4.32. The molecule has 2 heteroatoms. The van der Waals surface area contributed by atoms with Gasteiger partial charge in [0.15, 0.2) is 5.75 Å². The van der Waals surface area contributed by atoms with Gasteiger partial charge in [0.25, 0.3) is 0 Å². The van der Waals surface area contributed by atoms with Crippen LogP contribution in [0.1, 0.15) is 22.3 Å². The van der Waals surface area contributed by atoms with Crippen LogP contribution in [0.4, 0.5) is 0 Å². The third-order valence-electron chi connectivity index (χ3n) is 2.69. The summed E-state index contributed by atoms with van der Waals surface area (Å²) in [5, 5.41) is 11.6. The summed E-state index contributed by atoms with van der Waals surface area (Å²) in [5.74, 6) is 0.977. The fourth-order valence-electron chi connectivity index (χ4n) is 1.55. The number of rotatable bonds is 1. The van der Waals surface area contributed by atoms with E-state index in [1.54, 1.807) is 7.11 Å². The van der Waals surface area contributed by atoms with Crippen molar-refractivity contribution in [1.82, 2.24) is 0 Å². The summed E-state index contributed by atoms with van der Waals surface area (Å²) in [4.78, 5) is 0. The van der Waals surface area contributed by atoms with Crippen molar-refractivity contribution in [2.24, 2.45) is 0 Å². The van der Waals surface area contributed by atoms with E-state index in [-0.39, 0.29) is 5.75 Å². The monoisotopic (exact) mass is 179 g/mol. The fourth-order valence-corrected chi connectivity index (χ4v) is 1.55. The van der Waals surface area contributed by atoms with E-state index in [4.69, 9.17) is 4.74 Å². The molecule has 0 spiro atoms. The summed E-state index contributed by atoms with van der Waals surface area (Å²) < 4.78 is 5.25. The van der Waals surface area contributed by atoms with Gasteiger partial charge in [0.05, 0.1) is 7.11 Å². The number of hydrogen-bond acceptors (Lipinski definition) is 1. The average Bonchev–Trinajstić information content (AvgIpc) is 2.13. The number of hydrogen-bond donors (Lipinski definition) is 0. The van der Waals surface area contributed by atoms with Crippen LogP contribution in [-0.4, -0.2) is 7.11 Å². The van der Waals surface area contributed by atoms with Crippen LogP contribution in [0.3, 0.4) is 0 Å². The zero-order valence-corrected chi connectivity index (χ0v) is 8.82. The second kappa shape index (κ2) is 3.29. The zero-order chi connectivity index (χ0) is 10.2. The van der Waals surface area contributed by atoms with E-state index >= 15 is 0 Å². The largest absolute Gasteiger partial charge is 0.496 e. The van der Waals surface area contributed by atoms with Gasteiger partial charge in [0.2, 0.25) is 0 Å².